The van der Waals surface area contributed by atoms with Gasteiger partial charge in [-0.15, -0.1) is 0 Å². The van der Waals surface area contributed by atoms with Crippen molar-refractivity contribution in [2.75, 3.05) is 13.7 Å². The van der Waals surface area contributed by atoms with Crippen LogP contribution in [-0.2, 0) is 19.0 Å². The highest BCUT2D eigenvalue weighted by Crippen LogP contribution is 2.41. The van der Waals surface area contributed by atoms with Gasteiger partial charge in [-0.2, -0.15) is 0 Å². The highest BCUT2D eigenvalue weighted by Gasteiger charge is 2.54. The van der Waals surface area contributed by atoms with Gasteiger partial charge in [0.25, 0.3) is 0 Å². The minimum absolute atomic E-state index is 0.268. The zero-order valence-corrected chi connectivity index (χ0v) is 10.6. The summed E-state index contributed by atoms with van der Waals surface area (Å²) in [5, 5.41) is 0. The van der Waals surface area contributed by atoms with Crippen LogP contribution in [0.3, 0.4) is 0 Å². The fourth-order valence-corrected chi connectivity index (χ4v) is 1.83. The highest BCUT2D eigenvalue weighted by atomic mass is 16.7. The number of esters is 1. The average molecular weight is 228 g/mol. The van der Waals surface area contributed by atoms with Crippen molar-refractivity contribution < 1.29 is 19.0 Å². The molecule has 1 heterocycles. The molecular weight excluding hydrogens is 208 g/mol. The maximum Gasteiger partial charge on any atom is 0.333 e. The summed E-state index contributed by atoms with van der Waals surface area (Å²) in [4.78, 5) is 11.6. The lowest BCUT2D eigenvalue weighted by atomic mass is 9.86. The number of carbonyl (C=O) groups excluding carboxylic acids is 1. The quantitative estimate of drug-likeness (QED) is 0.546. The molecule has 0 amide bonds. The van der Waals surface area contributed by atoms with E-state index in [2.05, 4.69) is 6.58 Å². The van der Waals surface area contributed by atoms with Gasteiger partial charge in [-0.1, -0.05) is 20.4 Å². The fourth-order valence-electron chi connectivity index (χ4n) is 1.83. The summed E-state index contributed by atoms with van der Waals surface area (Å²) in [5.74, 6) is -1.29. The van der Waals surface area contributed by atoms with Crippen LogP contribution in [0.1, 0.15) is 27.7 Å². The summed E-state index contributed by atoms with van der Waals surface area (Å²) in [6.07, 6.45) is -0.436. The molecule has 0 aromatic heterocycles. The van der Waals surface area contributed by atoms with Gasteiger partial charge in [0.15, 0.2) is 6.10 Å². The zero-order chi connectivity index (χ0) is 12.6. The maximum atomic E-state index is 11.6. The number of ether oxygens (including phenoxy) is 3. The summed E-state index contributed by atoms with van der Waals surface area (Å²) in [6.45, 7) is 11.4. The van der Waals surface area contributed by atoms with Crippen molar-refractivity contribution in [2.45, 2.75) is 39.6 Å². The van der Waals surface area contributed by atoms with Crippen LogP contribution in [0.2, 0.25) is 0 Å². The van der Waals surface area contributed by atoms with E-state index >= 15 is 0 Å². The van der Waals surface area contributed by atoms with Gasteiger partial charge < -0.3 is 14.2 Å². The lowest BCUT2D eigenvalue weighted by molar-refractivity contribution is -0.230. The third-order valence-corrected chi connectivity index (χ3v) is 2.90. The van der Waals surface area contributed by atoms with E-state index in [0.29, 0.717) is 12.2 Å². The Labute approximate surface area is 96.6 Å². The Bertz CT molecular complexity index is 308. The Morgan fingerprint density at radius 1 is 1.44 bits per heavy atom. The molecule has 1 aliphatic rings. The van der Waals surface area contributed by atoms with Crippen LogP contribution in [0.25, 0.3) is 0 Å². The monoisotopic (exact) mass is 228 g/mol. The predicted molar refractivity (Wildman–Crippen MR) is 59.8 cm³/mol. The molecule has 2 atom stereocenters. The number of rotatable bonds is 3. The third kappa shape index (κ3) is 2.28. The Hall–Kier alpha value is -0.870. The smallest absolute Gasteiger partial charge is 0.333 e. The van der Waals surface area contributed by atoms with Gasteiger partial charge in [0, 0.05) is 18.1 Å². The SMILES string of the molecule is C=C(C)C(=O)OC1C(C)(C)COC1(C)OC. The van der Waals surface area contributed by atoms with Crippen molar-refractivity contribution in [1.82, 2.24) is 0 Å². The second-order valence-electron chi connectivity index (χ2n) is 5.06. The number of carbonyl (C=O) groups is 1. The largest absolute Gasteiger partial charge is 0.453 e. The molecule has 1 saturated heterocycles. The molecule has 92 valence electrons. The van der Waals surface area contributed by atoms with Crippen molar-refractivity contribution >= 4 is 5.97 Å². The zero-order valence-electron chi connectivity index (χ0n) is 10.6. The Balaban J connectivity index is 2.88. The highest BCUT2D eigenvalue weighted by molar-refractivity contribution is 5.87. The van der Waals surface area contributed by atoms with Crippen LogP contribution < -0.4 is 0 Å². The van der Waals surface area contributed by atoms with Crippen molar-refractivity contribution in [1.29, 1.82) is 0 Å². The van der Waals surface area contributed by atoms with Gasteiger partial charge in [-0.3, -0.25) is 0 Å². The second-order valence-corrected chi connectivity index (χ2v) is 5.06. The van der Waals surface area contributed by atoms with Crippen LogP contribution >= 0.6 is 0 Å². The molecule has 0 radical (unpaired) electrons. The molecule has 1 rings (SSSR count). The maximum absolute atomic E-state index is 11.6. The van der Waals surface area contributed by atoms with Gasteiger partial charge >= 0.3 is 5.97 Å². The summed E-state index contributed by atoms with van der Waals surface area (Å²) in [7, 11) is 1.54. The van der Waals surface area contributed by atoms with Crippen LogP contribution in [0, 0.1) is 5.41 Å². The van der Waals surface area contributed by atoms with E-state index in [0.717, 1.165) is 0 Å². The lowest BCUT2D eigenvalue weighted by Gasteiger charge is -2.33. The summed E-state index contributed by atoms with van der Waals surface area (Å²) in [6, 6.07) is 0. The van der Waals surface area contributed by atoms with E-state index < -0.39 is 17.9 Å². The van der Waals surface area contributed by atoms with Gasteiger partial charge in [0.1, 0.15) is 0 Å². The Morgan fingerprint density at radius 2 is 2.00 bits per heavy atom. The van der Waals surface area contributed by atoms with Gasteiger partial charge in [0.2, 0.25) is 5.79 Å². The van der Waals surface area contributed by atoms with Crippen LogP contribution in [-0.4, -0.2) is 31.6 Å². The molecule has 16 heavy (non-hydrogen) atoms. The molecule has 0 aromatic rings. The molecule has 0 N–H and O–H groups in total. The van der Waals surface area contributed by atoms with Gasteiger partial charge in [-0.25, -0.2) is 4.79 Å². The van der Waals surface area contributed by atoms with Crippen LogP contribution in [0.4, 0.5) is 0 Å². The molecule has 4 heteroatoms. The van der Waals surface area contributed by atoms with Crippen molar-refractivity contribution in [3.63, 3.8) is 0 Å². The van der Waals surface area contributed by atoms with Crippen LogP contribution in [0.15, 0.2) is 12.2 Å². The van der Waals surface area contributed by atoms with Crippen molar-refractivity contribution in [3.05, 3.63) is 12.2 Å². The summed E-state index contributed by atoms with van der Waals surface area (Å²) < 4.78 is 16.3. The molecule has 2 unspecified atom stereocenters. The van der Waals surface area contributed by atoms with E-state index in [9.17, 15) is 4.79 Å². The first-order valence-corrected chi connectivity index (χ1v) is 5.28. The first-order chi connectivity index (χ1) is 7.23. The average Bonchev–Trinajstić information content (AvgIpc) is 2.42. The predicted octanol–water partition coefficient (Wildman–Crippen LogP) is 1.89. The molecule has 1 aliphatic heterocycles. The topological polar surface area (TPSA) is 44.8 Å². The Kier molecular flexibility index (Phi) is 3.45. The summed E-state index contributed by atoms with van der Waals surface area (Å²) in [5.41, 5.74) is 0.108. The van der Waals surface area contributed by atoms with Gasteiger partial charge in [0.05, 0.1) is 6.61 Å². The van der Waals surface area contributed by atoms with Crippen molar-refractivity contribution in [2.24, 2.45) is 5.41 Å². The summed E-state index contributed by atoms with van der Waals surface area (Å²) >= 11 is 0. The molecule has 0 spiro atoms. The molecule has 0 aliphatic carbocycles. The standard InChI is InChI=1S/C12H20O4/c1-8(2)9(13)16-10-11(3,4)7-15-12(10,5)14-6/h10H,1,7H2,2-6H3. The van der Waals surface area contributed by atoms with E-state index in [1.54, 1.807) is 21.0 Å². The minimum Gasteiger partial charge on any atom is -0.453 e. The van der Waals surface area contributed by atoms with Crippen LogP contribution in [0.5, 0.6) is 0 Å². The number of hydrogen-bond acceptors (Lipinski definition) is 4. The van der Waals surface area contributed by atoms with E-state index in [-0.39, 0.29) is 5.41 Å². The molecular formula is C12H20O4. The molecule has 1 fully saturated rings. The Morgan fingerprint density at radius 3 is 2.44 bits per heavy atom. The number of methoxy groups -OCH3 is 1. The second kappa shape index (κ2) is 4.18. The minimum atomic E-state index is -0.880. The van der Waals surface area contributed by atoms with Gasteiger partial charge in [-0.05, 0) is 13.8 Å². The first-order valence-electron chi connectivity index (χ1n) is 5.28. The third-order valence-electron chi connectivity index (χ3n) is 2.90. The fraction of sp³-hybridized carbons (Fsp3) is 0.750. The molecule has 0 saturated carbocycles. The first kappa shape index (κ1) is 13.2. The molecule has 0 bridgehead atoms. The van der Waals surface area contributed by atoms with E-state index in [1.807, 2.05) is 13.8 Å². The van der Waals surface area contributed by atoms with E-state index in [4.69, 9.17) is 14.2 Å². The lowest BCUT2D eigenvalue weighted by Crippen LogP contribution is -2.46. The normalized spacial score (nSPS) is 32.4. The molecule has 0 aromatic carbocycles. The van der Waals surface area contributed by atoms with E-state index in [1.165, 1.54) is 0 Å². The van der Waals surface area contributed by atoms with Crippen molar-refractivity contribution in [3.8, 4) is 0 Å². The number of hydrogen-bond donors (Lipinski definition) is 0. The molecule has 4 nitrogen and oxygen atoms in total.